The molecule has 0 aliphatic heterocycles. The third-order valence-corrected chi connectivity index (χ3v) is 13.0. The summed E-state index contributed by atoms with van der Waals surface area (Å²) in [6.07, 6.45) is 61.7. The van der Waals surface area contributed by atoms with Gasteiger partial charge in [0.05, 0.1) is 39.9 Å². The van der Waals surface area contributed by atoms with Crippen molar-refractivity contribution in [2.45, 2.75) is 257 Å². The lowest BCUT2D eigenvalue weighted by molar-refractivity contribution is -0.870. The van der Waals surface area contributed by atoms with Gasteiger partial charge in [0.1, 0.15) is 13.2 Å². The Bertz CT molecular complexity index is 1180. The zero-order chi connectivity index (χ0) is 47.1. The molecule has 0 aromatic rings. The first-order chi connectivity index (χ1) is 31.0. The number of quaternary nitrogens is 1. The minimum absolute atomic E-state index is 0.00200. The first kappa shape index (κ1) is 62.5. The first-order valence-corrected chi connectivity index (χ1v) is 28.5. The zero-order valence-corrected chi connectivity index (χ0v) is 43.6. The maximum absolute atomic E-state index is 12.7. The average Bonchev–Trinajstić information content (AvgIpc) is 3.25. The molecule has 64 heavy (non-hydrogen) atoms. The number of nitrogens with zero attached hydrogens (tertiary/aromatic N) is 1. The topological polar surface area (TPSA) is 108 Å². The lowest BCUT2D eigenvalue weighted by Crippen LogP contribution is -2.45. The fourth-order valence-electron chi connectivity index (χ4n) is 7.76. The summed E-state index contributed by atoms with van der Waals surface area (Å²) >= 11 is 0. The molecule has 0 saturated heterocycles. The predicted octanol–water partition coefficient (Wildman–Crippen LogP) is 15.3. The average molecular weight is 921 g/mol. The summed E-state index contributed by atoms with van der Waals surface area (Å²) in [4.78, 5) is 25.0. The van der Waals surface area contributed by atoms with Gasteiger partial charge >= 0.3 is 0 Å². The number of aliphatic hydroxyl groups excluding tert-OH is 1. The lowest BCUT2D eigenvalue weighted by Gasteiger charge is -2.29. The van der Waals surface area contributed by atoms with Gasteiger partial charge in [-0.1, -0.05) is 236 Å². The Morgan fingerprint density at radius 3 is 1.34 bits per heavy atom. The Morgan fingerprint density at radius 2 is 0.938 bits per heavy atom. The normalized spacial score (nSPS) is 14.4. The molecule has 0 aliphatic rings. The molecule has 0 bridgehead atoms. The van der Waals surface area contributed by atoms with Crippen LogP contribution in [-0.4, -0.2) is 68.5 Å². The maximum atomic E-state index is 12.7. The lowest BCUT2D eigenvalue weighted by atomic mass is 10.0. The number of amides is 1. The van der Waals surface area contributed by atoms with E-state index in [9.17, 15) is 19.4 Å². The van der Waals surface area contributed by atoms with Crippen molar-refractivity contribution >= 4 is 13.7 Å². The summed E-state index contributed by atoms with van der Waals surface area (Å²) in [5, 5.41) is 13.4. The number of phosphoric ester groups is 1. The van der Waals surface area contributed by atoms with Gasteiger partial charge in [0, 0.05) is 6.42 Å². The molecule has 0 aromatic carbocycles. The Hall–Kier alpha value is -1.54. The highest BCUT2D eigenvalue weighted by atomic mass is 31.2. The molecule has 3 atom stereocenters. The summed E-state index contributed by atoms with van der Waals surface area (Å²) in [5.41, 5.74) is 0. The van der Waals surface area contributed by atoms with Crippen LogP contribution >= 0.6 is 7.82 Å². The second-order valence-corrected chi connectivity index (χ2v) is 21.0. The van der Waals surface area contributed by atoms with E-state index in [4.69, 9.17) is 9.05 Å². The van der Waals surface area contributed by atoms with Gasteiger partial charge < -0.3 is 28.8 Å². The van der Waals surface area contributed by atoms with Crippen LogP contribution in [0.25, 0.3) is 0 Å². The number of carbonyl (C=O) groups is 1. The van der Waals surface area contributed by atoms with Crippen molar-refractivity contribution in [3.8, 4) is 0 Å². The molecule has 9 heteroatoms. The molecule has 2 N–H and O–H groups in total. The van der Waals surface area contributed by atoms with Crippen LogP contribution in [0, 0.1) is 0 Å². The molecular weight excluding hydrogens is 816 g/mol. The van der Waals surface area contributed by atoms with Gasteiger partial charge in [-0.15, -0.1) is 0 Å². The van der Waals surface area contributed by atoms with Crippen molar-refractivity contribution in [2.75, 3.05) is 40.9 Å². The molecule has 376 valence electrons. The predicted molar refractivity (Wildman–Crippen MR) is 274 cm³/mol. The minimum atomic E-state index is -4.56. The van der Waals surface area contributed by atoms with E-state index in [0.717, 1.165) is 44.9 Å². The summed E-state index contributed by atoms with van der Waals surface area (Å²) < 4.78 is 22.9. The fraction of sp³-hybridized carbons (Fsp3) is 0.836. The zero-order valence-electron chi connectivity index (χ0n) is 42.7. The number of carbonyl (C=O) groups excluding carboxylic acids is 1. The van der Waals surface area contributed by atoms with Crippen LogP contribution in [0.15, 0.2) is 48.6 Å². The van der Waals surface area contributed by atoms with Gasteiger partial charge in [0.2, 0.25) is 5.91 Å². The van der Waals surface area contributed by atoms with E-state index in [0.29, 0.717) is 17.4 Å². The number of hydrogen-bond donors (Lipinski definition) is 2. The summed E-state index contributed by atoms with van der Waals surface area (Å²) in [6.45, 7) is 4.42. The highest BCUT2D eigenvalue weighted by molar-refractivity contribution is 7.45. The number of aliphatic hydroxyl groups is 1. The SMILES string of the molecule is CCC/C=C/C(O)C(COP(=O)([O-])OCC[N+](C)(C)C)NC(=O)CCCCCCCCCCCCCCCCCCCCCCCCCC/C=C\C/C=C\C/C=C\CCCCCCC. The second kappa shape index (κ2) is 46.6. The third kappa shape index (κ3) is 48.4. The quantitative estimate of drug-likeness (QED) is 0.0272. The number of nitrogens with one attached hydrogen (secondary N) is 1. The smallest absolute Gasteiger partial charge is 0.268 e. The largest absolute Gasteiger partial charge is 0.756 e. The van der Waals surface area contributed by atoms with Crippen LogP contribution in [0.4, 0.5) is 0 Å². The van der Waals surface area contributed by atoms with Gasteiger partial charge in [0.25, 0.3) is 7.82 Å². The molecule has 3 unspecified atom stereocenters. The van der Waals surface area contributed by atoms with Crippen molar-refractivity contribution in [2.24, 2.45) is 0 Å². The molecule has 8 nitrogen and oxygen atoms in total. The van der Waals surface area contributed by atoms with Crippen molar-refractivity contribution in [1.29, 1.82) is 0 Å². The molecule has 0 rings (SSSR count). The molecule has 0 spiro atoms. The van der Waals surface area contributed by atoms with Crippen LogP contribution in [0.5, 0.6) is 0 Å². The van der Waals surface area contributed by atoms with Crippen LogP contribution in [-0.2, 0) is 18.4 Å². The van der Waals surface area contributed by atoms with E-state index >= 15 is 0 Å². The van der Waals surface area contributed by atoms with E-state index in [-0.39, 0.29) is 19.1 Å². The molecule has 1 amide bonds. The molecule has 0 fully saturated rings. The van der Waals surface area contributed by atoms with Gasteiger partial charge in [0.15, 0.2) is 0 Å². The number of unbranched alkanes of at least 4 members (excludes halogenated alkanes) is 30. The summed E-state index contributed by atoms with van der Waals surface area (Å²) in [7, 11) is 1.26. The highest BCUT2D eigenvalue weighted by Gasteiger charge is 2.23. The van der Waals surface area contributed by atoms with E-state index in [1.807, 2.05) is 34.1 Å². The highest BCUT2D eigenvalue weighted by Crippen LogP contribution is 2.38. The van der Waals surface area contributed by atoms with Crippen LogP contribution < -0.4 is 10.2 Å². The monoisotopic (exact) mass is 921 g/mol. The Morgan fingerprint density at radius 1 is 0.547 bits per heavy atom. The van der Waals surface area contributed by atoms with Crippen molar-refractivity contribution < 1.29 is 32.9 Å². The summed E-state index contributed by atoms with van der Waals surface area (Å²) in [6, 6.07) is -0.880. The standard InChI is InChI=1S/C55H105N2O6P/c1-6-8-10-11-12-13-14-15-16-17-18-19-20-21-22-23-24-25-26-27-28-29-30-31-32-33-34-35-36-37-38-39-40-41-42-43-44-45-47-49-55(59)56-53(54(58)48-46-9-7-2)52-63-64(60,61)62-51-50-57(3,4)5/h14-15,17-18,20-21,46,48,53-54,58H,6-13,16,19,22-45,47,49-52H2,1-5H3,(H-,56,59,60,61)/b15-14-,18-17-,21-20-,48-46+. The van der Waals surface area contributed by atoms with Crippen LogP contribution in [0.3, 0.4) is 0 Å². The molecule has 0 aromatic heterocycles. The van der Waals surface area contributed by atoms with Crippen molar-refractivity contribution in [3.05, 3.63) is 48.6 Å². The minimum Gasteiger partial charge on any atom is -0.756 e. The van der Waals surface area contributed by atoms with Gasteiger partial charge in [-0.3, -0.25) is 9.36 Å². The molecule has 0 heterocycles. The molecular formula is C55H105N2O6P. The number of allylic oxidation sites excluding steroid dienone is 7. The Balaban J connectivity index is 3.62. The van der Waals surface area contributed by atoms with Crippen LogP contribution in [0.1, 0.15) is 245 Å². The van der Waals surface area contributed by atoms with Gasteiger partial charge in [-0.05, 0) is 51.4 Å². The molecule has 0 saturated carbocycles. The number of phosphoric acid groups is 1. The number of rotatable bonds is 49. The van der Waals surface area contributed by atoms with E-state index in [2.05, 4.69) is 48.7 Å². The second-order valence-electron chi connectivity index (χ2n) is 19.6. The maximum Gasteiger partial charge on any atom is 0.268 e. The van der Waals surface area contributed by atoms with Gasteiger partial charge in [-0.25, -0.2) is 0 Å². The number of hydrogen-bond acceptors (Lipinski definition) is 6. The van der Waals surface area contributed by atoms with Crippen molar-refractivity contribution in [1.82, 2.24) is 5.32 Å². The van der Waals surface area contributed by atoms with Gasteiger partial charge in [-0.2, -0.15) is 0 Å². The Kier molecular flexibility index (Phi) is 45.4. The fourth-order valence-corrected chi connectivity index (χ4v) is 8.48. The van der Waals surface area contributed by atoms with Crippen LogP contribution in [0.2, 0.25) is 0 Å². The Labute approximate surface area is 397 Å². The third-order valence-electron chi connectivity index (χ3n) is 12.0. The first-order valence-electron chi connectivity index (χ1n) is 27.0. The summed E-state index contributed by atoms with van der Waals surface area (Å²) in [5.74, 6) is -0.207. The van der Waals surface area contributed by atoms with E-state index in [1.165, 1.54) is 180 Å². The van der Waals surface area contributed by atoms with E-state index in [1.54, 1.807) is 6.08 Å². The molecule has 0 aliphatic carbocycles. The number of likely N-dealkylation sites (N-methyl/N-ethyl adjacent to an activating group) is 1. The van der Waals surface area contributed by atoms with E-state index < -0.39 is 20.0 Å². The van der Waals surface area contributed by atoms with Crippen molar-refractivity contribution in [3.63, 3.8) is 0 Å². The molecule has 0 radical (unpaired) electrons.